The van der Waals surface area contributed by atoms with Gasteiger partial charge in [0.15, 0.2) is 0 Å². The predicted octanol–water partition coefficient (Wildman–Crippen LogP) is 3.61. The lowest BCUT2D eigenvalue weighted by molar-refractivity contribution is -0.126. The summed E-state index contributed by atoms with van der Waals surface area (Å²) < 4.78 is 13.3. The number of aryl methyl sites for hydroxylation is 2. The number of likely N-dealkylation sites (tertiary alicyclic amines) is 1. The molecule has 2 aromatic carbocycles. The maximum absolute atomic E-state index is 13.3. The second-order valence-corrected chi connectivity index (χ2v) is 7.26. The summed E-state index contributed by atoms with van der Waals surface area (Å²) in [4.78, 5) is 27.0. The maximum Gasteiger partial charge on any atom is 0.253 e. The first-order chi connectivity index (χ1) is 12.9. The number of halogens is 1. The van der Waals surface area contributed by atoms with Crippen molar-refractivity contribution in [1.82, 2.24) is 10.2 Å². The molecule has 0 bridgehead atoms. The van der Waals surface area contributed by atoms with Crippen molar-refractivity contribution in [1.29, 1.82) is 0 Å². The number of piperidine rings is 1. The first kappa shape index (κ1) is 19.1. The molecule has 2 aromatic rings. The molecule has 1 fully saturated rings. The Labute approximate surface area is 159 Å². The SMILES string of the molecule is Cc1ccc(C(=O)N2CCCC(C(=O)NCc3ccc(F)c(C)c3)C2)cc1. The Hall–Kier alpha value is -2.69. The Bertz CT molecular complexity index is 833. The van der Waals surface area contributed by atoms with Crippen molar-refractivity contribution in [2.45, 2.75) is 33.2 Å². The third-order valence-electron chi connectivity index (χ3n) is 5.07. The number of carbonyl (C=O) groups is 2. The molecule has 1 aliphatic heterocycles. The van der Waals surface area contributed by atoms with Crippen LogP contribution in [0.4, 0.5) is 4.39 Å². The van der Waals surface area contributed by atoms with E-state index in [1.165, 1.54) is 6.07 Å². The Balaban J connectivity index is 1.58. The van der Waals surface area contributed by atoms with Gasteiger partial charge in [0, 0.05) is 25.2 Å². The number of nitrogens with zero attached hydrogens (tertiary/aromatic N) is 1. The van der Waals surface area contributed by atoms with Gasteiger partial charge in [0.1, 0.15) is 5.82 Å². The zero-order chi connectivity index (χ0) is 19.4. The standard InChI is InChI=1S/C22H25FN2O2/c1-15-5-8-18(9-6-15)22(27)25-11-3-4-19(14-25)21(26)24-13-17-7-10-20(23)16(2)12-17/h5-10,12,19H,3-4,11,13-14H2,1-2H3,(H,24,26). The summed E-state index contributed by atoms with van der Waals surface area (Å²) in [6.45, 7) is 5.16. The average molecular weight is 368 g/mol. The molecule has 2 amide bonds. The van der Waals surface area contributed by atoms with Gasteiger partial charge in [0.25, 0.3) is 5.91 Å². The van der Waals surface area contributed by atoms with Gasteiger partial charge in [-0.15, -0.1) is 0 Å². The molecule has 1 N–H and O–H groups in total. The first-order valence-corrected chi connectivity index (χ1v) is 9.32. The number of rotatable bonds is 4. The molecular formula is C22H25FN2O2. The van der Waals surface area contributed by atoms with Crippen molar-refractivity contribution in [3.05, 3.63) is 70.5 Å². The van der Waals surface area contributed by atoms with E-state index in [-0.39, 0.29) is 23.5 Å². The fraction of sp³-hybridized carbons (Fsp3) is 0.364. The molecule has 1 unspecified atom stereocenters. The van der Waals surface area contributed by atoms with Crippen molar-refractivity contribution in [2.24, 2.45) is 5.92 Å². The highest BCUT2D eigenvalue weighted by Gasteiger charge is 2.28. The highest BCUT2D eigenvalue weighted by atomic mass is 19.1. The predicted molar refractivity (Wildman–Crippen MR) is 103 cm³/mol. The molecule has 4 nitrogen and oxygen atoms in total. The summed E-state index contributed by atoms with van der Waals surface area (Å²) in [5.41, 5.74) is 3.20. The lowest BCUT2D eigenvalue weighted by Gasteiger charge is -2.32. The normalized spacial score (nSPS) is 16.9. The summed E-state index contributed by atoms with van der Waals surface area (Å²) in [6.07, 6.45) is 1.58. The minimum atomic E-state index is -0.248. The monoisotopic (exact) mass is 368 g/mol. The molecule has 1 heterocycles. The first-order valence-electron chi connectivity index (χ1n) is 9.32. The average Bonchev–Trinajstić information content (AvgIpc) is 2.69. The zero-order valence-electron chi connectivity index (χ0n) is 15.8. The highest BCUT2D eigenvalue weighted by molar-refractivity contribution is 5.94. The van der Waals surface area contributed by atoms with Crippen molar-refractivity contribution >= 4 is 11.8 Å². The molecule has 27 heavy (non-hydrogen) atoms. The van der Waals surface area contributed by atoms with Gasteiger partial charge < -0.3 is 10.2 Å². The van der Waals surface area contributed by atoms with E-state index in [1.54, 1.807) is 24.0 Å². The van der Waals surface area contributed by atoms with Crippen LogP contribution in [0.15, 0.2) is 42.5 Å². The Morgan fingerprint density at radius 2 is 1.89 bits per heavy atom. The van der Waals surface area contributed by atoms with Gasteiger partial charge in [0.05, 0.1) is 5.92 Å². The minimum Gasteiger partial charge on any atom is -0.352 e. The number of carbonyl (C=O) groups excluding carboxylic acids is 2. The second-order valence-electron chi connectivity index (χ2n) is 7.26. The summed E-state index contributed by atoms with van der Waals surface area (Å²) in [6, 6.07) is 12.3. The lowest BCUT2D eigenvalue weighted by Crippen LogP contribution is -2.45. The van der Waals surface area contributed by atoms with Crippen LogP contribution < -0.4 is 5.32 Å². The molecule has 0 saturated carbocycles. The van der Waals surface area contributed by atoms with Gasteiger partial charge in [-0.2, -0.15) is 0 Å². The fourth-order valence-corrected chi connectivity index (χ4v) is 3.40. The lowest BCUT2D eigenvalue weighted by atomic mass is 9.96. The van der Waals surface area contributed by atoms with Crippen LogP contribution in [0.5, 0.6) is 0 Å². The van der Waals surface area contributed by atoms with E-state index in [0.29, 0.717) is 30.8 Å². The van der Waals surface area contributed by atoms with Gasteiger partial charge >= 0.3 is 0 Å². The van der Waals surface area contributed by atoms with Crippen LogP contribution in [-0.4, -0.2) is 29.8 Å². The molecule has 0 radical (unpaired) electrons. The van der Waals surface area contributed by atoms with Gasteiger partial charge in [0.2, 0.25) is 5.91 Å². The van der Waals surface area contributed by atoms with Gasteiger partial charge in [-0.05, 0) is 56.0 Å². The molecule has 1 saturated heterocycles. The molecule has 5 heteroatoms. The summed E-state index contributed by atoms with van der Waals surface area (Å²) in [5.74, 6) is -0.544. The van der Waals surface area contributed by atoms with E-state index < -0.39 is 0 Å². The molecule has 0 spiro atoms. The smallest absolute Gasteiger partial charge is 0.253 e. The molecule has 0 aliphatic carbocycles. The Morgan fingerprint density at radius 1 is 1.15 bits per heavy atom. The molecule has 3 rings (SSSR count). The van der Waals surface area contributed by atoms with Gasteiger partial charge in [-0.1, -0.05) is 29.8 Å². The number of hydrogen-bond donors (Lipinski definition) is 1. The number of nitrogens with one attached hydrogen (secondary N) is 1. The summed E-state index contributed by atoms with van der Waals surface area (Å²) in [5, 5.41) is 2.92. The fourth-order valence-electron chi connectivity index (χ4n) is 3.40. The van der Waals surface area contributed by atoms with Crippen molar-refractivity contribution in [3.8, 4) is 0 Å². The largest absolute Gasteiger partial charge is 0.352 e. The third kappa shape index (κ3) is 4.73. The topological polar surface area (TPSA) is 49.4 Å². The van der Waals surface area contributed by atoms with Crippen molar-refractivity contribution in [2.75, 3.05) is 13.1 Å². The van der Waals surface area contributed by atoms with Crippen LogP contribution in [0.1, 0.15) is 39.9 Å². The van der Waals surface area contributed by atoms with Gasteiger partial charge in [-0.25, -0.2) is 4.39 Å². The van der Waals surface area contributed by atoms with E-state index in [4.69, 9.17) is 0 Å². The number of benzene rings is 2. The van der Waals surface area contributed by atoms with Crippen molar-refractivity contribution < 1.29 is 14.0 Å². The van der Waals surface area contributed by atoms with Crippen molar-refractivity contribution in [3.63, 3.8) is 0 Å². The van der Waals surface area contributed by atoms with Crippen LogP contribution in [0.25, 0.3) is 0 Å². The van der Waals surface area contributed by atoms with Crippen LogP contribution in [0.3, 0.4) is 0 Å². The third-order valence-corrected chi connectivity index (χ3v) is 5.07. The van der Waals surface area contributed by atoms with Crippen LogP contribution in [0, 0.1) is 25.6 Å². The van der Waals surface area contributed by atoms with E-state index in [2.05, 4.69) is 5.32 Å². The molecule has 142 valence electrons. The highest BCUT2D eigenvalue weighted by Crippen LogP contribution is 2.19. The van der Waals surface area contributed by atoms with Crippen LogP contribution in [-0.2, 0) is 11.3 Å². The quantitative estimate of drug-likeness (QED) is 0.896. The molecular weight excluding hydrogens is 343 g/mol. The minimum absolute atomic E-state index is 0.0262. The van der Waals surface area contributed by atoms with E-state index in [9.17, 15) is 14.0 Å². The van der Waals surface area contributed by atoms with Crippen LogP contribution >= 0.6 is 0 Å². The zero-order valence-corrected chi connectivity index (χ0v) is 15.8. The van der Waals surface area contributed by atoms with E-state index in [0.717, 1.165) is 24.0 Å². The molecule has 1 aliphatic rings. The van der Waals surface area contributed by atoms with Crippen LogP contribution in [0.2, 0.25) is 0 Å². The number of hydrogen-bond acceptors (Lipinski definition) is 2. The maximum atomic E-state index is 13.3. The summed E-state index contributed by atoms with van der Waals surface area (Å²) in [7, 11) is 0. The Morgan fingerprint density at radius 3 is 2.59 bits per heavy atom. The summed E-state index contributed by atoms with van der Waals surface area (Å²) >= 11 is 0. The van der Waals surface area contributed by atoms with E-state index in [1.807, 2.05) is 31.2 Å². The van der Waals surface area contributed by atoms with E-state index >= 15 is 0 Å². The number of amides is 2. The van der Waals surface area contributed by atoms with Gasteiger partial charge in [-0.3, -0.25) is 9.59 Å². The second kappa shape index (κ2) is 8.33. The molecule has 0 aromatic heterocycles. The molecule has 1 atom stereocenters. The Kier molecular flexibility index (Phi) is 5.89.